The summed E-state index contributed by atoms with van der Waals surface area (Å²) in [6.07, 6.45) is 1.27. The Balaban J connectivity index is 1.86. The summed E-state index contributed by atoms with van der Waals surface area (Å²) in [6, 6.07) is 30.0. The monoisotopic (exact) mass is 369 g/mol. The van der Waals surface area contributed by atoms with Gasteiger partial charge in [0.1, 0.15) is 0 Å². The first-order valence-electron chi connectivity index (χ1n) is 9.43. The number of hydrogen-bond donors (Lipinski definition) is 0. The van der Waals surface area contributed by atoms with Crippen LogP contribution in [0.1, 0.15) is 6.42 Å². The molecule has 0 saturated carbocycles. The van der Waals surface area contributed by atoms with Crippen LogP contribution in [0.2, 0.25) is 5.02 Å². The van der Waals surface area contributed by atoms with Crippen LogP contribution >= 0.6 is 11.6 Å². The zero-order valence-corrected chi connectivity index (χ0v) is 15.8. The topological polar surface area (TPSA) is 3.24 Å². The molecule has 0 amide bonds. The maximum Gasteiger partial charge on any atom is 0.0452 e. The second kappa shape index (κ2) is 6.75. The van der Waals surface area contributed by atoms with E-state index in [1.165, 1.54) is 45.1 Å². The van der Waals surface area contributed by atoms with Crippen molar-refractivity contribution in [1.29, 1.82) is 0 Å². The minimum Gasteiger partial charge on any atom is -0.371 e. The van der Waals surface area contributed by atoms with E-state index in [4.69, 9.17) is 11.6 Å². The third kappa shape index (κ3) is 2.89. The standard InChI is InChI=1S/C25H20ClN/c26-20-13-11-18(12-14-20)23-17-24(27-15-6-16-27)21-9-4-5-10-22(21)25(23)19-7-2-1-3-8-19/h1-5,7-14,17H,6,15-16H2. The normalized spacial score (nSPS) is 13.6. The van der Waals surface area contributed by atoms with E-state index in [1.807, 2.05) is 12.1 Å². The van der Waals surface area contributed by atoms with Gasteiger partial charge in [-0.25, -0.2) is 0 Å². The molecule has 4 aromatic carbocycles. The molecular formula is C25H20ClN. The third-order valence-electron chi connectivity index (χ3n) is 5.44. The van der Waals surface area contributed by atoms with Crippen LogP contribution in [0.4, 0.5) is 5.69 Å². The van der Waals surface area contributed by atoms with Crippen molar-refractivity contribution >= 4 is 28.1 Å². The molecule has 27 heavy (non-hydrogen) atoms. The van der Waals surface area contributed by atoms with E-state index in [0.717, 1.165) is 18.1 Å². The van der Waals surface area contributed by atoms with Crippen molar-refractivity contribution in [3.63, 3.8) is 0 Å². The molecule has 1 saturated heterocycles. The highest BCUT2D eigenvalue weighted by Crippen LogP contribution is 2.43. The highest BCUT2D eigenvalue weighted by Gasteiger charge is 2.21. The minimum atomic E-state index is 0.767. The average molecular weight is 370 g/mol. The second-order valence-corrected chi connectivity index (χ2v) is 7.51. The summed E-state index contributed by atoms with van der Waals surface area (Å²) in [7, 11) is 0. The summed E-state index contributed by atoms with van der Waals surface area (Å²) in [5, 5.41) is 3.40. The molecule has 0 atom stereocenters. The van der Waals surface area contributed by atoms with Gasteiger partial charge >= 0.3 is 0 Å². The Hall–Kier alpha value is -2.77. The van der Waals surface area contributed by atoms with Crippen LogP contribution in [0.15, 0.2) is 84.9 Å². The molecule has 0 radical (unpaired) electrons. The van der Waals surface area contributed by atoms with Crippen LogP contribution in [0.3, 0.4) is 0 Å². The van der Waals surface area contributed by atoms with E-state index in [-0.39, 0.29) is 0 Å². The number of benzene rings is 4. The molecule has 4 aromatic rings. The maximum atomic E-state index is 6.16. The lowest BCUT2D eigenvalue weighted by Crippen LogP contribution is -2.37. The minimum absolute atomic E-state index is 0.767. The van der Waals surface area contributed by atoms with Crippen molar-refractivity contribution in [2.45, 2.75) is 6.42 Å². The van der Waals surface area contributed by atoms with Gasteiger partial charge in [-0.05, 0) is 52.3 Å². The van der Waals surface area contributed by atoms with Crippen LogP contribution < -0.4 is 4.90 Å². The fourth-order valence-corrected chi connectivity index (χ4v) is 4.07. The molecule has 0 spiro atoms. The number of nitrogens with zero attached hydrogens (tertiary/aromatic N) is 1. The van der Waals surface area contributed by atoms with Crippen LogP contribution in [-0.4, -0.2) is 13.1 Å². The van der Waals surface area contributed by atoms with Crippen molar-refractivity contribution < 1.29 is 0 Å². The lowest BCUT2D eigenvalue weighted by molar-refractivity contribution is 0.620. The average Bonchev–Trinajstić information content (AvgIpc) is 2.68. The van der Waals surface area contributed by atoms with Gasteiger partial charge in [0.15, 0.2) is 0 Å². The number of rotatable bonds is 3. The lowest BCUT2D eigenvalue weighted by Gasteiger charge is -2.35. The van der Waals surface area contributed by atoms with Gasteiger partial charge in [0.25, 0.3) is 0 Å². The van der Waals surface area contributed by atoms with Gasteiger partial charge in [-0.1, -0.05) is 78.3 Å². The molecule has 1 heterocycles. The number of anilines is 1. The fraction of sp³-hybridized carbons (Fsp3) is 0.120. The van der Waals surface area contributed by atoms with Gasteiger partial charge in [0.05, 0.1) is 0 Å². The molecule has 1 aliphatic rings. The Kier molecular flexibility index (Phi) is 4.10. The van der Waals surface area contributed by atoms with Gasteiger partial charge in [-0.3, -0.25) is 0 Å². The molecule has 1 aliphatic heterocycles. The summed E-state index contributed by atoms with van der Waals surface area (Å²) >= 11 is 6.16. The molecule has 2 heteroatoms. The van der Waals surface area contributed by atoms with Crippen molar-refractivity contribution in [1.82, 2.24) is 0 Å². The molecule has 132 valence electrons. The molecule has 0 unspecified atom stereocenters. The Bertz CT molecular complexity index is 1100. The smallest absolute Gasteiger partial charge is 0.0452 e. The van der Waals surface area contributed by atoms with Crippen molar-refractivity contribution in [2.75, 3.05) is 18.0 Å². The van der Waals surface area contributed by atoms with Crippen LogP contribution in [-0.2, 0) is 0 Å². The van der Waals surface area contributed by atoms with Gasteiger partial charge in [0.2, 0.25) is 0 Å². The van der Waals surface area contributed by atoms with Gasteiger partial charge in [-0.2, -0.15) is 0 Å². The molecule has 0 aromatic heterocycles. The molecule has 5 rings (SSSR count). The summed E-state index contributed by atoms with van der Waals surface area (Å²) < 4.78 is 0. The van der Waals surface area contributed by atoms with Crippen molar-refractivity contribution in [3.05, 3.63) is 90.0 Å². The third-order valence-corrected chi connectivity index (χ3v) is 5.69. The number of hydrogen-bond acceptors (Lipinski definition) is 1. The summed E-state index contributed by atoms with van der Waals surface area (Å²) in [6.45, 7) is 2.27. The van der Waals surface area contributed by atoms with Gasteiger partial charge in [0, 0.05) is 29.2 Å². The highest BCUT2D eigenvalue weighted by atomic mass is 35.5. The predicted octanol–water partition coefficient (Wildman–Crippen LogP) is 7.04. The van der Waals surface area contributed by atoms with E-state index in [1.54, 1.807) is 0 Å². The zero-order chi connectivity index (χ0) is 18.2. The largest absolute Gasteiger partial charge is 0.371 e. The zero-order valence-electron chi connectivity index (χ0n) is 15.0. The lowest BCUT2D eigenvalue weighted by atomic mass is 9.88. The summed E-state index contributed by atoms with van der Waals surface area (Å²) in [5.41, 5.74) is 6.33. The first-order valence-corrected chi connectivity index (χ1v) is 9.81. The Morgan fingerprint density at radius 2 is 1.33 bits per heavy atom. The molecule has 0 N–H and O–H groups in total. The van der Waals surface area contributed by atoms with Crippen LogP contribution in [0.25, 0.3) is 33.0 Å². The van der Waals surface area contributed by atoms with E-state index in [9.17, 15) is 0 Å². The Labute approximate surface area is 164 Å². The van der Waals surface area contributed by atoms with E-state index < -0.39 is 0 Å². The molecule has 0 bridgehead atoms. The number of halogens is 1. The van der Waals surface area contributed by atoms with Crippen LogP contribution in [0, 0.1) is 0 Å². The summed E-state index contributed by atoms with van der Waals surface area (Å²) in [4.78, 5) is 2.48. The number of fused-ring (bicyclic) bond motifs is 1. The van der Waals surface area contributed by atoms with Gasteiger partial charge in [-0.15, -0.1) is 0 Å². The molecular weight excluding hydrogens is 350 g/mol. The van der Waals surface area contributed by atoms with E-state index in [2.05, 4.69) is 77.7 Å². The molecule has 1 fully saturated rings. The predicted molar refractivity (Wildman–Crippen MR) is 117 cm³/mol. The quantitative estimate of drug-likeness (QED) is 0.374. The SMILES string of the molecule is Clc1ccc(-c2cc(N3CCC3)c3ccccc3c2-c2ccccc2)cc1. The molecule has 0 aliphatic carbocycles. The first-order chi connectivity index (χ1) is 13.3. The van der Waals surface area contributed by atoms with E-state index in [0.29, 0.717) is 0 Å². The second-order valence-electron chi connectivity index (χ2n) is 7.08. The van der Waals surface area contributed by atoms with Gasteiger partial charge < -0.3 is 4.90 Å². The Morgan fingerprint density at radius 3 is 2.00 bits per heavy atom. The summed E-state index contributed by atoms with van der Waals surface area (Å²) in [5.74, 6) is 0. The first kappa shape index (κ1) is 16.4. The van der Waals surface area contributed by atoms with Crippen molar-refractivity contribution in [2.24, 2.45) is 0 Å². The molecule has 1 nitrogen and oxygen atoms in total. The highest BCUT2D eigenvalue weighted by molar-refractivity contribution is 6.30. The van der Waals surface area contributed by atoms with E-state index >= 15 is 0 Å². The van der Waals surface area contributed by atoms with Crippen LogP contribution in [0.5, 0.6) is 0 Å². The van der Waals surface area contributed by atoms with Crippen molar-refractivity contribution in [3.8, 4) is 22.3 Å². The maximum absolute atomic E-state index is 6.16. The fourth-order valence-electron chi connectivity index (χ4n) is 3.95. The Morgan fingerprint density at radius 1 is 0.667 bits per heavy atom.